The molecule has 1 N–H and O–H groups in total. The van der Waals surface area contributed by atoms with Crippen molar-refractivity contribution in [2.24, 2.45) is 0 Å². The van der Waals surface area contributed by atoms with E-state index in [-0.39, 0.29) is 17.2 Å². The van der Waals surface area contributed by atoms with Gasteiger partial charge in [-0.2, -0.15) is 0 Å². The van der Waals surface area contributed by atoms with Gasteiger partial charge in [0.05, 0.1) is 11.5 Å². The Morgan fingerprint density at radius 1 is 1.30 bits per heavy atom. The molecule has 6 nitrogen and oxygen atoms in total. The molecule has 1 aromatic carbocycles. The number of benzene rings is 1. The third kappa shape index (κ3) is 3.08. The van der Waals surface area contributed by atoms with Gasteiger partial charge in [0.15, 0.2) is 0 Å². The molecule has 1 fully saturated rings. The molecule has 0 bridgehead atoms. The molecule has 0 radical (unpaired) electrons. The number of hydrogen-bond acceptors (Lipinski definition) is 5. The highest BCUT2D eigenvalue weighted by Crippen LogP contribution is 2.30. The monoisotopic (exact) mass is 279 g/mol. The topological polar surface area (TPSA) is 69.8 Å². The quantitative estimate of drug-likeness (QED) is 0.670. The van der Waals surface area contributed by atoms with Crippen LogP contribution in [0.3, 0.4) is 0 Å². The van der Waals surface area contributed by atoms with E-state index in [4.69, 9.17) is 5.11 Å². The van der Waals surface area contributed by atoms with Gasteiger partial charge in [0.2, 0.25) is 0 Å². The maximum absolute atomic E-state index is 11.2. The molecule has 6 heteroatoms. The van der Waals surface area contributed by atoms with Gasteiger partial charge in [-0.3, -0.25) is 15.0 Å². The number of rotatable bonds is 4. The number of nitrogens with zero attached hydrogens (tertiary/aromatic N) is 3. The highest BCUT2D eigenvalue weighted by molar-refractivity contribution is 5.64. The lowest BCUT2D eigenvalue weighted by Gasteiger charge is -2.37. The second kappa shape index (κ2) is 6.19. The summed E-state index contributed by atoms with van der Waals surface area (Å²) >= 11 is 0. The molecular formula is C14H21N3O3. The van der Waals surface area contributed by atoms with Gasteiger partial charge in [0.25, 0.3) is 5.69 Å². The van der Waals surface area contributed by atoms with Crippen LogP contribution in [0.15, 0.2) is 18.2 Å². The Balaban J connectivity index is 2.19. The van der Waals surface area contributed by atoms with Crippen molar-refractivity contribution in [3.05, 3.63) is 33.9 Å². The van der Waals surface area contributed by atoms with Crippen LogP contribution in [0, 0.1) is 10.1 Å². The number of aliphatic hydroxyl groups is 1. The third-order valence-corrected chi connectivity index (χ3v) is 3.80. The van der Waals surface area contributed by atoms with Crippen LogP contribution in [0.5, 0.6) is 0 Å². The summed E-state index contributed by atoms with van der Waals surface area (Å²) in [7, 11) is 0. The number of aliphatic hydroxyl groups excluding tert-OH is 1. The van der Waals surface area contributed by atoms with Crippen LogP contribution in [0.25, 0.3) is 0 Å². The van der Waals surface area contributed by atoms with E-state index >= 15 is 0 Å². The van der Waals surface area contributed by atoms with Gasteiger partial charge in [-0.1, -0.05) is 6.07 Å². The summed E-state index contributed by atoms with van der Waals surface area (Å²) in [5, 5.41) is 20.3. The highest BCUT2D eigenvalue weighted by atomic mass is 16.6. The van der Waals surface area contributed by atoms with Crippen LogP contribution in [0.1, 0.15) is 19.4 Å². The minimum atomic E-state index is -0.372. The maximum atomic E-state index is 11.2. The van der Waals surface area contributed by atoms with Gasteiger partial charge >= 0.3 is 0 Å². The molecule has 1 aliphatic heterocycles. The lowest BCUT2D eigenvalue weighted by molar-refractivity contribution is -0.384. The zero-order chi connectivity index (χ0) is 14.7. The average molecular weight is 279 g/mol. The van der Waals surface area contributed by atoms with Crippen LogP contribution in [-0.2, 0) is 6.61 Å². The second-order valence-corrected chi connectivity index (χ2v) is 5.36. The molecule has 0 spiro atoms. The number of anilines is 1. The van der Waals surface area contributed by atoms with Gasteiger partial charge in [-0.15, -0.1) is 0 Å². The molecule has 1 heterocycles. The van der Waals surface area contributed by atoms with Gasteiger partial charge < -0.3 is 10.0 Å². The Labute approximate surface area is 118 Å². The Hall–Kier alpha value is -1.66. The summed E-state index contributed by atoms with van der Waals surface area (Å²) < 4.78 is 0. The smallest absolute Gasteiger partial charge is 0.292 e. The highest BCUT2D eigenvalue weighted by Gasteiger charge is 2.24. The molecule has 0 unspecified atom stereocenters. The standard InChI is InChI=1S/C14H21N3O3/c1-11(2)15-5-7-16(8-6-15)13-4-3-12(10-18)9-14(13)17(19)20/h3-4,9,11,18H,5-8,10H2,1-2H3. The summed E-state index contributed by atoms with van der Waals surface area (Å²) in [4.78, 5) is 15.2. The largest absolute Gasteiger partial charge is 0.392 e. The molecule has 0 aliphatic carbocycles. The first-order chi connectivity index (χ1) is 9.52. The van der Waals surface area contributed by atoms with E-state index in [9.17, 15) is 10.1 Å². The van der Waals surface area contributed by atoms with Crippen LogP contribution in [0.4, 0.5) is 11.4 Å². The average Bonchev–Trinajstić information content (AvgIpc) is 2.46. The van der Waals surface area contributed by atoms with Crippen LogP contribution in [-0.4, -0.2) is 47.2 Å². The van der Waals surface area contributed by atoms with Crippen molar-refractivity contribution >= 4 is 11.4 Å². The predicted molar refractivity (Wildman–Crippen MR) is 77.9 cm³/mol. The summed E-state index contributed by atoms with van der Waals surface area (Å²) in [5.74, 6) is 0. The van der Waals surface area contributed by atoms with Crippen LogP contribution >= 0.6 is 0 Å². The Morgan fingerprint density at radius 2 is 1.95 bits per heavy atom. The van der Waals surface area contributed by atoms with Crippen molar-refractivity contribution in [1.29, 1.82) is 0 Å². The van der Waals surface area contributed by atoms with Gasteiger partial charge in [-0.25, -0.2) is 0 Å². The minimum Gasteiger partial charge on any atom is -0.392 e. The number of hydrogen-bond donors (Lipinski definition) is 1. The number of nitro benzene ring substituents is 1. The maximum Gasteiger partial charge on any atom is 0.292 e. The Morgan fingerprint density at radius 3 is 2.45 bits per heavy atom. The van der Waals surface area contributed by atoms with Crippen molar-refractivity contribution in [2.45, 2.75) is 26.5 Å². The van der Waals surface area contributed by atoms with E-state index in [1.54, 1.807) is 12.1 Å². The second-order valence-electron chi connectivity index (χ2n) is 5.36. The van der Waals surface area contributed by atoms with Crippen LogP contribution < -0.4 is 4.90 Å². The lowest BCUT2D eigenvalue weighted by Crippen LogP contribution is -2.49. The Bertz CT molecular complexity index is 483. The zero-order valence-corrected chi connectivity index (χ0v) is 12.0. The molecule has 110 valence electrons. The van der Waals surface area contributed by atoms with Crippen molar-refractivity contribution in [3.8, 4) is 0 Å². The van der Waals surface area contributed by atoms with Crippen molar-refractivity contribution in [2.75, 3.05) is 31.1 Å². The summed E-state index contributed by atoms with van der Waals surface area (Å²) in [6, 6.07) is 5.46. The normalized spacial score (nSPS) is 16.7. The number of piperazine rings is 1. The molecule has 2 rings (SSSR count). The van der Waals surface area contributed by atoms with Crippen LogP contribution in [0.2, 0.25) is 0 Å². The summed E-state index contributed by atoms with van der Waals surface area (Å²) in [6.07, 6.45) is 0. The molecule has 0 aromatic heterocycles. The number of nitro groups is 1. The van der Waals surface area contributed by atoms with Gasteiger partial charge in [0, 0.05) is 38.3 Å². The van der Waals surface area contributed by atoms with Gasteiger partial charge in [0.1, 0.15) is 5.69 Å². The molecule has 0 atom stereocenters. The SMILES string of the molecule is CC(C)N1CCN(c2ccc(CO)cc2[N+](=O)[O-])CC1. The molecular weight excluding hydrogens is 258 g/mol. The van der Waals surface area contributed by atoms with E-state index in [0.29, 0.717) is 17.3 Å². The summed E-state index contributed by atoms with van der Waals surface area (Å²) in [6.45, 7) is 7.55. The molecule has 1 aromatic rings. The van der Waals surface area contributed by atoms with E-state index in [1.165, 1.54) is 6.07 Å². The fourth-order valence-electron chi connectivity index (χ4n) is 2.56. The third-order valence-electron chi connectivity index (χ3n) is 3.80. The molecule has 20 heavy (non-hydrogen) atoms. The molecule has 1 aliphatic rings. The molecule has 0 amide bonds. The van der Waals surface area contributed by atoms with E-state index in [0.717, 1.165) is 26.2 Å². The predicted octanol–water partition coefficient (Wildman–Crippen LogP) is 1.62. The van der Waals surface area contributed by atoms with E-state index < -0.39 is 0 Å². The van der Waals surface area contributed by atoms with E-state index in [1.807, 2.05) is 0 Å². The van der Waals surface area contributed by atoms with Gasteiger partial charge in [-0.05, 0) is 25.5 Å². The summed E-state index contributed by atoms with van der Waals surface area (Å²) in [5.41, 5.74) is 1.30. The molecule has 0 saturated carbocycles. The molecule has 1 saturated heterocycles. The first kappa shape index (κ1) is 14.7. The van der Waals surface area contributed by atoms with Crippen molar-refractivity contribution in [1.82, 2.24) is 4.90 Å². The first-order valence-electron chi connectivity index (χ1n) is 6.90. The Kier molecular flexibility index (Phi) is 4.57. The fourth-order valence-corrected chi connectivity index (χ4v) is 2.56. The zero-order valence-electron chi connectivity index (χ0n) is 12.0. The van der Waals surface area contributed by atoms with Crippen molar-refractivity contribution in [3.63, 3.8) is 0 Å². The lowest BCUT2D eigenvalue weighted by atomic mass is 10.1. The van der Waals surface area contributed by atoms with E-state index in [2.05, 4.69) is 23.6 Å². The fraction of sp³-hybridized carbons (Fsp3) is 0.571. The van der Waals surface area contributed by atoms with Crippen molar-refractivity contribution < 1.29 is 10.0 Å². The minimum absolute atomic E-state index is 0.0783. The first-order valence-corrected chi connectivity index (χ1v) is 6.90.